The minimum Gasteiger partial charge on any atom is -0.325 e. The van der Waals surface area contributed by atoms with Crippen molar-refractivity contribution in [2.45, 2.75) is 4.90 Å². The number of hydrogen-bond donors (Lipinski definition) is 2. The van der Waals surface area contributed by atoms with Gasteiger partial charge in [-0.25, -0.2) is 26.3 Å². The van der Waals surface area contributed by atoms with Gasteiger partial charge in [-0.2, -0.15) is 0 Å². The van der Waals surface area contributed by atoms with Crippen molar-refractivity contribution in [3.8, 4) is 0 Å². The normalized spacial score (nSPS) is 11.3. The number of carbonyl (C=O) groups excluding carboxylic acids is 1. The molecule has 1 amide bonds. The molecule has 0 aliphatic rings. The number of sulfonamides is 1. The van der Waals surface area contributed by atoms with Crippen LogP contribution in [0.4, 0.5) is 18.9 Å². The molecule has 9 heteroatoms. The molecule has 0 spiro atoms. The summed E-state index contributed by atoms with van der Waals surface area (Å²) in [5, 5.41) is 2.30. The third kappa shape index (κ3) is 4.30. The van der Waals surface area contributed by atoms with E-state index in [0.717, 1.165) is 30.3 Å². The Labute approximate surface area is 130 Å². The molecule has 0 aromatic heterocycles. The summed E-state index contributed by atoms with van der Waals surface area (Å²) >= 11 is 0. The minimum atomic E-state index is -4.54. The van der Waals surface area contributed by atoms with Gasteiger partial charge in [-0.1, -0.05) is 6.07 Å². The van der Waals surface area contributed by atoms with Crippen LogP contribution in [-0.2, 0) is 14.8 Å². The fourth-order valence-corrected chi connectivity index (χ4v) is 2.83. The quantitative estimate of drug-likeness (QED) is 0.871. The van der Waals surface area contributed by atoms with Gasteiger partial charge < -0.3 is 5.32 Å². The highest BCUT2D eigenvalue weighted by molar-refractivity contribution is 7.89. The van der Waals surface area contributed by atoms with Crippen LogP contribution in [-0.4, -0.2) is 20.9 Å². The van der Waals surface area contributed by atoms with Crippen LogP contribution in [0, 0.1) is 17.5 Å². The molecule has 0 bridgehead atoms. The van der Waals surface area contributed by atoms with E-state index >= 15 is 0 Å². The maximum absolute atomic E-state index is 13.5. The second kappa shape index (κ2) is 6.80. The molecule has 0 heterocycles. The zero-order valence-corrected chi connectivity index (χ0v) is 12.3. The van der Waals surface area contributed by atoms with Crippen molar-refractivity contribution in [1.82, 2.24) is 4.72 Å². The summed E-state index contributed by atoms with van der Waals surface area (Å²) in [7, 11) is -4.54. The summed E-state index contributed by atoms with van der Waals surface area (Å²) < 4.78 is 65.1. The topological polar surface area (TPSA) is 75.3 Å². The lowest BCUT2D eigenvalue weighted by atomic mass is 10.3. The number of rotatable bonds is 5. The third-order valence-corrected chi connectivity index (χ3v) is 4.19. The summed E-state index contributed by atoms with van der Waals surface area (Å²) in [5.41, 5.74) is 0.243. The van der Waals surface area contributed by atoms with Gasteiger partial charge in [-0.3, -0.25) is 4.79 Å². The van der Waals surface area contributed by atoms with Crippen molar-refractivity contribution in [2.24, 2.45) is 0 Å². The summed E-state index contributed by atoms with van der Waals surface area (Å²) in [6.45, 7) is -0.743. The summed E-state index contributed by atoms with van der Waals surface area (Å²) in [4.78, 5) is 10.5. The van der Waals surface area contributed by atoms with Crippen LogP contribution in [0.5, 0.6) is 0 Å². The van der Waals surface area contributed by atoms with Crippen LogP contribution in [0.2, 0.25) is 0 Å². The highest BCUT2D eigenvalue weighted by Gasteiger charge is 2.24. The summed E-state index contributed by atoms with van der Waals surface area (Å²) in [6.07, 6.45) is 0. The van der Waals surface area contributed by atoms with E-state index in [9.17, 15) is 26.4 Å². The van der Waals surface area contributed by atoms with Crippen LogP contribution in [0.15, 0.2) is 47.4 Å². The fourth-order valence-electron chi connectivity index (χ4n) is 1.71. The molecule has 0 aliphatic heterocycles. The Bertz CT molecular complexity index is 803. The number of amides is 1. The molecule has 0 atom stereocenters. The lowest BCUT2D eigenvalue weighted by molar-refractivity contribution is -0.115. The smallest absolute Gasteiger partial charge is 0.246 e. The van der Waals surface area contributed by atoms with Crippen molar-refractivity contribution >= 4 is 21.6 Å². The molecule has 2 N–H and O–H groups in total. The van der Waals surface area contributed by atoms with Gasteiger partial charge in [0.05, 0.1) is 6.54 Å². The van der Waals surface area contributed by atoms with Gasteiger partial charge in [-0.05, 0) is 36.4 Å². The predicted octanol–water partition coefficient (Wildman–Crippen LogP) is 2.02. The van der Waals surface area contributed by atoms with E-state index in [1.54, 1.807) is 4.72 Å². The van der Waals surface area contributed by atoms with Crippen molar-refractivity contribution < 1.29 is 26.4 Å². The van der Waals surface area contributed by atoms with Gasteiger partial charge in [0.1, 0.15) is 17.5 Å². The molecular weight excluding hydrogens is 333 g/mol. The number of nitrogens with one attached hydrogen (secondary N) is 2. The number of benzene rings is 2. The number of carbonyl (C=O) groups is 1. The Morgan fingerprint density at radius 1 is 0.957 bits per heavy atom. The molecule has 0 aliphatic carbocycles. The van der Waals surface area contributed by atoms with Crippen LogP contribution in [0.1, 0.15) is 0 Å². The largest absolute Gasteiger partial charge is 0.325 e. The van der Waals surface area contributed by atoms with E-state index in [0.29, 0.717) is 0 Å². The lowest BCUT2D eigenvalue weighted by Crippen LogP contribution is -2.33. The minimum absolute atomic E-state index is 0.243. The van der Waals surface area contributed by atoms with E-state index in [1.807, 2.05) is 0 Å². The van der Waals surface area contributed by atoms with Crippen molar-refractivity contribution in [3.63, 3.8) is 0 Å². The van der Waals surface area contributed by atoms with Crippen LogP contribution in [0.3, 0.4) is 0 Å². The maximum atomic E-state index is 13.5. The number of halogens is 3. The molecule has 2 aromatic rings. The van der Waals surface area contributed by atoms with Crippen LogP contribution < -0.4 is 10.0 Å². The van der Waals surface area contributed by atoms with Crippen molar-refractivity contribution in [3.05, 3.63) is 59.9 Å². The average Bonchev–Trinajstić information content (AvgIpc) is 2.47. The van der Waals surface area contributed by atoms with Crippen molar-refractivity contribution in [2.75, 3.05) is 11.9 Å². The molecule has 0 radical (unpaired) electrons. The first-order valence-corrected chi connectivity index (χ1v) is 7.77. The summed E-state index contributed by atoms with van der Waals surface area (Å²) in [6, 6.07) is 7.36. The van der Waals surface area contributed by atoms with E-state index in [2.05, 4.69) is 5.32 Å². The highest BCUT2D eigenvalue weighted by Crippen LogP contribution is 2.17. The highest BCUT2D eigenvalue weighted by atomic mass is 32.2. The monoisotopic (exact) mass is 344 g/mol. The molecular formula is C14H11F3N2O3S. The molecule has 2 aromatic carbocycles. The van der Waals surface area contributed by atoms with E-state index in [-0.39, 0.29) is 5.69 Å². The Kier molecular flexibility index (Phi) is 5.02. The molecule has 2 rings (SSSR count). The Morgan fingerprint density at radius 3 is 2.09 bits per heavy atom. The average molecular weight is 344 g/mol. The van der Waals surface area contributed by atoms with Gasteiger partial charge in [0.15, 0.2) is 4.90 Å². The molecule has 122 valence electrons. The molecule has 23 heavy (non-hydrogen) atoms. The van der Waals surface area contributed by atoms with Crippen LogP contribution >= 0.6 is 0 Å². The van der Waals surface area contributed by atoms with Crippen molar-refractivity contribution in [1.29, 1.82) is 0 Å². The Balaban J connectivity index is 2.04. The maximum Gasteiger partial charge on any atom is 0.246 e. The second-order valence-corrected chi connectivity index (χ2v) is 6.13. The Hall–Kier alpha value is -2.39. The van der Waals surface area contributed by atoms with Gasteiger partial charge in [0.25, 0.3) is 0 Å². The van der Waals surface area contributed by atoms with Gasteiger partial charge in [-0.15, -0.1) is 0 Å². The van der Waals surface area contributed by atoms with E-state index in [1.165, 1.54) is 12.1 Å². The zero-order valence-electron chi connectivity index (χ0n) is 11.5. The number of anilines is 1. The first-order valence-electron chi connectivity index (χ1n) is 6.29. The molecule has 0 unspecified atom stereocenters. The molecule has 5 nitrogen and oxygen atoms in total. The summed E-state index contributed by atoms with van der Waals surface area (Å²) in [5.74, 6) is -3.82. The van der Waals surface area contributed by atoms with Gasteiger partial charge in [0, 0.05) is 5.69 Å². The lowest BCUT2D eigenvalue weighted by Gasteiger charge is -2.09. The van der Waals surface area contributed by atoms with Gasteiger partial charge >= 0.3 is 0 Å². The Morgan fingerprint density at radius 2 is 1.52 bits per heavy atom. The third-order valence-electron chi connectivity index (χ3n) is 2.74. The predicted molar refractivity (Wildman–Crippen MR) is 76.6 cm³/mol. The van der Waals surface area contributed by atoms with Crippen LogP contribution in [0.25, 0.3) is 0 Å². The first-order chi connectivity index (χ1) is 10.8. The van der Waals surface area contributed by atoms with E-state index in [4.69, 9.17) is 0 Å². The first kappa shape index (κ1) is 17.0. The fraction of sp³-hybridized carbons (Fsp3) is 0.0714. The van der Waals surface area contributed by atoms with E-state index < -0.39 is 44.8 Å². The standard InChI is InChI=1S/C14H11F3N2O3S/c15-9-4-6-10(7-5-9)19-13(20)8-18-23(21,22)14-11(16)2-1-3-12(14)17/h1-7,18H,8H2,(H,19,20). The molecule has 0 fully saturated rings. The molecule has 0 saturated heterocycles. The zero-order chi connectivity index (χ0) is 17.0. The van der Waals surface area contributed by atoms with Gasteiger partial charge in [0.2, 0.25) is 15.9 Å². The second-order valence-electron chi connectivity index (χ2n) is 4.43. The molecule has 0 saturated carbocycles. The number of hydrogen-bond acceptors (Lipinski definition) is 3. The SMILES string of the molecule is O=C(CNS(=O)(=O)c1c(F)cccc1F)Nc1ccc(F)cc1.